The number of amides is 1. The molecular weight excluding hydrogens is 416 g/mol. The number of aromatic nitrogens is 4. The van der Waals surface area contributed by atoms with Crippen LogP contribution in [0, 0.1) is 12.8 Å². The van der Waals surface area contributed by atoms with E-state index in [9.17, 15) is 4.79 Å². The molecule has 3 heterocycles. The van der Waals surface area contributed by atoms with E-state index in [1.54, 1.807) is 0 Å². The molecule has 6 N–H and O–H groups in total. The molecule has 0 bridgehead atoms. The molecule has 168 valence electrons. The fraction of sp³-hybridized carbons (Fsp3) is 0.250. The fourth-order valence-corrected chi connectivity index (χ4v) is 4.33. The van der Waals surface area contributed by atoms with Crippen LogP contribution in [-0.4, -0.2) is 39.2 Å². The molecule has 0 saturated carbocycles. The second-order valence-corrected chi connectivity index (χ2v) is 8.48. The molecule has 0 spiro atoms. The van der Waals surface area contributed by atoms with Crippen molar-refractivity contribution in [3.8, 4) is 11.3 Å². The van der Waals surface area contributed by atoms with Crippen molar-refractivity contribution in [1.29, 1.82) is 0 Å². The number of piperidine rings is 1. The van der Waals surface area contributed by atoms with E-state index in [-0.39, 0.29) is 17.8 Å². The van der Waals surface area contributed by atoms with Crippen molar-refractivity contribution in [2.24, 2.45) is 5.92 Å². The molecule has 4 aromatic rings. The average Bonchev–Trinajstić information content (AvgIpc) is 3.19. The number of aromatic amines is 1. The first-order valence-corrected chi connectivity index (χ1v) is 11.0. The van der Waals surface area contributed by atoms with Crippen LogP contribution in [0.1, 0.15) is 18.4 Å². The predicted octanol–water partition coefficient (Wildman–Crippen LogP) is 3.35. The van der Waals surface area contributed by atoms with Crippen LogP contribution in [0.2, 0.25) is 0 Å². The minimum Gasteiger partial charge on any atom is -0.382 e. The number of carbonyl (C=O) groups is 1. The molecule has 0 aliphatic carbocycles. The van der Waals surface area contributed by atoms with Crippen LogP contribution >= 0.6 is 0 Å². The minimum absolute atomic E-state index is 0.0230. The summed E-state index contributed by atoms with van der Waals surface area (Å²) in [5, 5.41) is 10.9. The van der Waals surface area contributed by atoms with E-state index in [0.29, 0.717) is 18.1 Å². The number of H-pyrrole nitrogens is 1. The second kappa shape index (κ2) is 8.42. The van der Waals surface area contributed by atoms with Crippen LogP contribution in [0.5, 0.6) is 0 Å². The Morgan fingerprint density at radius 3 is 2.88 bits per heavy atom. The molecule has 1 fully saturated rings. The summed E-state index contributed by atoms with van der Waals surface area (Å²) < 4.78 is 0. The minimum atomic E-state index is -0.136. The van der Waals surface area contributed by atoms with Crippen molar-refractivity contribution >= 4 is 40.1 Å². The lowest BCUT2D eigenvalue weighted by Crippen LogP contribution is -2.41. The summed E-state index contributed by atoms with van der Waals surface area (Å²) in [6.45, 7) is 3.39. The van der Waals surface area contributed by atoms with Gasteiger partial charge in [0.2, 0.25) is 11.9 Å². The highest BCUT2D eigenvalue weighted by Gasteiger charge is 2.27. The molecular formula is C24H26N8O. The van der Waals surface area contributed by atoms with E-state index in [1.165, 1.54) is 0 Å². The Bertz CT molecular complexity index is 1330. The number of carbonyl (C=O) groups excluding carboxylic acids is 1. The number of aryl methyl sites for hydroxylation is 1. The predicted molar refractivity (Wildman–Crippen MR) is 131 cm³/mol. The maximum Gasteiger partial charge on any atom is 0.229 e. The summed E-state index contributed by atoms with van der Waals surface area (Å²) in [5.41, 5.74) is 16.3. The lowest BCUT2D eigenvalue weighted by molar-refractivity contribution is -0.120. The Morgan fingerprint density at radius 1 is 1.15 bits per heavy atom. The van der Waals surface area contributed by atoms with Crippen LogP contribution in [-0.2, 0) is 4.79 Å². The van der Waals surface area contributed by atoms with Gasteiger partial charge in [-0.1, -0.05) is 18.2 Å². The highest BCUT2D eigenvalue weighted by Crippen LogP contribution is 2.29. The van der Waals surface area contributed by atoms with Crippen molar-refractivity contribution in [3.63, 3.8) is 0 Å². The average molecular weight is 443 g/mol. The van der Waals surface area contributed by atoms with Crippen molar-refractivity contribution in [3.05, 3.63) is 54.1 Å². The normalized spacial score (nSPS) is 16.2. The summed E-state index contributed by atoms with van der Waals surface area (Å²) in [5.74, 6) is 1.26. The molecule has 1 aliphatic rings. The maximum atomic E-state index is 12.9. The van der Waals surface area contributed by atoms with Gasteiger partial charge in [-0.05, 0) is 49.6 Å². The van der Waals surface area contributed by atoms with Crippen molar-refractivity contribution in [1.82, 2.24) is 20.2 Å². The third kappa shape index (κ3) is 4.30. The molecule has 1 aliphatic heterocycles. The largest absolute Gasteiger partial charge is 0.382 e. The third-order valence-corrected chi connectivity index (χ3v) is 6.02. The Balaban J connectivity index is 1.37. The lowest BCUT2D eigenvalue weighted by Gasteiger charge is -2.33. The highest BCUT2D eigenvalue weighted by atomic mass is 16.1. The van der Waals surface area contributed by atoms with Gasteiger partial charge in [-0.3, -0.25) is 9.89 Å². The number of nitrogens with one attached hydrogen (secondary N) is 2. The van der Waals surface area contributed by atoms with Crippen molar-refractivity contribution < 1.29 is 4.79 Å². The number of hydrogen-bond donors (Lipinski definition) is 4. The topological polar surface area (TPSA) is 139 Å². The zero-order valence-corrected chi connectivity index (χ0v) is 18.4. The fourth-order valence-electron chi connectivity index (χ4n) is 4.33. The van der Waals surface area contributed by atoms with Gasteiger partial charge in [0.25, 0.3) is 0 Å². The summed E-state index contributed by atoms with van der Waals surface area (Å²) >= 11 is 0. The maximum absolute atomic E-state index is 12.9. The van der Waals surface area contributed by atoms with Crippen LogP contribution < -0.4 is 21.7 Å². The van der Waals surface area contributed by atoms with Gasteiger partial charge < -0.3 is 21.7 Å². The second-order valence-electron chi connectivity index (χ2n) is 8.48. The number of rotatable bonds is 4. The van der Waals surface area contributed by atoms with Crippen LogP contribution in [0.4, 0.5) is 23.3 Å². The van der Waals surface area contributed by atoms with Gasteiger partial charge in [0.1, 0.15) is 5.82 Å². The van der Waals surface area contributed by atoms with Gasteiger partial charge in [0, 0.05) is 35.8 Å². The van der Waals surface area contributed by atoms with E-state index >= 15 is 0 Å². The number of fused-ring (bicyclic) bond motifs is 1. The summed E-state index contributed by atoms with van der Waals surface area (Å²) in [6.07, 6.45) is 1.73. The van der Waals surface area contributed by atoms with Crippen LogP contribution in [0.3, 0.4) is 0 Å². The molecule has 2 aromatic heterocycles. The summed E-state index contributed by atoms with van der Waals surface area (Å²) in [4.78, 5) is 23.9. The molecule has 1 amide bonds. The van der Waals surface area contributed by atoms with E-state index in [2.05, 4.69) is 30.4 Å². The number of benzene rings is 2. The Kier molecular flexibility index (Phi) is 5.29. The molecule has 33 heavy (non-hydrogen) atoms. The molecule has 5 rings (SSSR count). The van der Waals surface area contributed by atoms with Crippen molar-refractivity contribution in [2.75, 3.05) is 34.8 Å². The van der Waals surface area contributed by atoms with Gasteiger partial charge in [-0.25, -0.2) is 4.98 Å². The van der Waals surface area contributed by atoms with Gasteiger partial charge in [-0.15, -0.1) is 0 Å². The summed E-state index contributed by atoms with van der Waals surface area (Å²) in [7, 11) is 0. The number of anilines is 4. The first-order valence-electron chi connectivity index (χ1n) is 11.0. The number of nitrogen functional groups attached to an aromatic ring is 2. The van der Waals surface area contributed by atoms with E-state index in [0.717, 1.165) is 52.9 Å². The van der Waals surface area contributed by atoms with Gasteiger partial charge in [-0.2, -0.15) is 10.1 Å². The van der Waals surface area contributed by atoms with Crippen LogP contribution in [0.15, 0.2) is 48.5 Å². The van der Waals surface area contributed by atoms with E-state index in [4.69, 9.17) is 11.5 Å². The molecule has 1 saturated heterocycles. The first-order chi connectivity index (χ1) is 16.0. The molecule has 0 radical (unpaired) electrons. The lowest BCUT2D eigenvalue weighted by atomic mass is 9.97. The van der Waals surface area contributed by atoms with Gasteiger partial charge >= 0.3 is 0 Å². The third-order valence-electron chi connectivity index (χ3n) is 6.02. The van der Waals surface area contributed by atoms with Crippen molar-refractivity contribution in [2.45, 2.75) is 19.8 Å². The van der Waals surface area contributed by atoms with E-state index in [1.807, 2.05) is 55.5 Å². The van der Waals surface area contributed by atoms with Crippen LogP contribution in [0.25, 0.3) is 22.2 Å². The van der Waals surface area contributed by atoms with Gasteiger partial charge in [0.15, 0.2) is 5.82 Å². The molecule has 9 nitrogen and oxygen atoms in total. The summed E-state index contributed by atoms with van der Waals surface area (Å²) in [6, 6.07) is 15.5. The number of hydrogen-bond acceptors (Lipinski definition) is 7. The standard InChI is InChI=1S/C24H26N8O/c1-14-4-2-6-17(10-14)27-23(33)16-5-3-9-32(13-16)21-12-19(28-24(26)29-21)15-7-8-18-20(11-15)30-31-22(18)25/h2,4,6-8,10-12,16H,3,5,9,13H2,1H3,(H,27,33)(H3,25,30,31)(H2,26,28,29)/t16-/m0/s1. The Morgan fingerprint density at radius 2 is 2.03 bits per heavy atom. The molecule has 0 unspecified atom stereocenters. The SMILES string of the molecule is Cc1cccc(NC(=O)[C@H]2CCCN(c3cc(-c4ccc5c(N)n[nH]c5c4)nc(N)n3)C2)c1. The molecule has 9 heteroatoms. The van der Waals surface area contributed by atoms with E-state index < -0.39 is 0 Å². The molecule has 2 aromatic carbocycles. The number of nitrogens with two attached hydrogens (primary N) is 2. The first kappa shape index (κ1) is 20.7. The molecule has 1 atom stereocenters. The smallest absolute Gasteiger partial charge is 0.229 e. The number of nitrogens with zero attached hydrogens (tertiary/aromatic N) is 4. The Hall–Kier alpha value is -4.14. The van der Waals surface area contributed by atoms with Gasteiger partial charge in [0.05, 0.1) is 17.1 Å². The Labute approximate surface area is 191 Å². The zero-order valence-electron chi connectivity index (χ0n) is 18.4. The monoisotopic (exact) mass is 442 g/mol. The zero-order chi connectivity index (χ0) is 22.9. The highest BCUT2D eigenvalue weighted by molar-refractivity contribution is 5.93. The quantitative estimate of drug-likeness (QED) is 0.380.